The number of rotatable bonds is 5. The zero-order valence-electron chi connectivity index (χ0n) is 16.4. The highest BCUT2D eigenvalue weighted by atomic mass is 19.4. The third-order valence-electron chi connectivity index (χ3n) is 4.67. The van der Waals surface area contributed by atoms with Crippen LogP contribution in [0.4, 0.5) is 17.6 Å². The number of nitrogens with one attached hydrogen (secondary N) is 1. The summed E-state index contributed by atoms with van der Waals surface area (Å²) in [6, 6.07) is 10.1. The fourth-order valence-corrected chi connectivity index (χ4v) is 3.40. The molecule has 1 heterocycles. The summed E-state index contributed by atoms with van der Waals surface area (Å²) in [5.74, 6) is -0.916. The van der Waals surface area contributed by atoms with E-state index in [1.54, 1.807) is 32.0 Å². The third kappa shape index (κ3) is 4.87. The van der Waals surface area contributed by atoms with Gasteiger partial charge in [-0.2, -0.15) is 13.2 Å². The van der Waals surface area contributed by atoms with E-state index in [1.165, 1.54) is 24.3 Å². The zero-order chi connectivity index (χ0) is 22.1. The Balaban J connectivity index is 1.89. The van der Waals surface area contributed by atoms with E-state index in [0.717, 1.165) is 10.1 Å². The highest BCUT2D eigenvalue weighted by Crippen LogP contribution is 2.30. The van der Waals surface area contributed by atoms with Gasteiger partial charge in [0.25, 0.3) is 0 Å². The molecule has 4 nitrogen and oxygen atoms in total. The van der Waals surface area contributed by atoms with Gasteiger partial charge in [-0.05, 0) is 43.7 Å². The fraction of sp³-hybridized carbons (Fsp3) is 0.273. The minimum Gasteiger partial charge on any atom is -0.352 e. The molecule has 0 saturated heterocycles. The molecule has 0 aliphatic rings. The molecule has 0 fully saturated rings. The minimum atomic E-state index is -4.73. The summed E-state index contributed by atoms with van der Waals surface area (Å²) in [6.07, 6.45) is -4.83. The second-order valence-corrected chi connectivity index (χ2v) is 7.30. The molecule has 2 aromatic carbocycles. The topological polar surface area (TPSA) is 51.1 Å². The Labute approximate surface area is 170 Å². The molecule has 30 heavy (non-hydrogen) atoms. The minimum absolute atomic E-state index is 0.0989. The highest BCUT2D eigenvalue weighted by molar-refractivity contribution is 5.80. The number of halogens is 4. The van der Waals surface area contributed by atoms with Gasteiger partial charge in [0.05, 0.1) is 11.9 Å². The Morgan fingerprint density at radius 3 is 2.53 bits per heavy atom. The number of hydrogen-bond donors (Lipinski definition) is 1. The molecule has 1 amide bonds. The van der Waals surface area contributed by atoms with Gasteiger partial charge in [-0.1, -0.05) is 23.8 Å². The first-order valence-electron chi connectivity index (χ1n) is 9.30. The maximum absolute atomic E-state index is 13.6. The van der Waals surface area contributed by atoms with Gasteiger partial charge in [0, 0.05) is 24.0 Å². The Hall–Kier alpha value is -3.16. The van der Waals surface area contributed by atoms with Crippen molar-refractivity contribution in [1.29, 1.82) is 0 Å². The predicted molar refractivity (Wildman–Crippen MR) is 106 cm³/mol. The molecular formula is C22H20F4N2O2. The predicted octanol–water partition coefficient (Wildman–Crippen LogP) is 4.22. The Morgan fingerprint density at radius 2 is 1.87 bits per heavy atom. The van der Waals surface area contributed by atoms with Crippen molar-refractivity contribution in [1.82, 2.24) is 9.88 Å². The van der Waals surface area contributed by atoms with E-state index in [1.807, 2.05) is 0 Å². The van der Waals surface area contributed by atoms with Crippen molar-refractivity contribution >= 4 is 16.8 Å². The number of pyridine rings is 1. The van der Waals surface area contributed by atoms with Gasteiger partial charge in [0.1, 0.15) is 11.5 Å². The van der Waals surface area contributed by atoms with Crippen LogP contribution >= 0.6 is 0 Å². The van der Waals surface area contributed by atoms with Crippen molar-refractivity contribution in [2.45, 2.75) is 39.0 Å². The highest BCUT2D eigenvalue weighted by Gasteiger charge is 2.35. The Kier molecular flexibility index (Phi) is 5.96. The Morgan fingerprint density at radius 1 is 1.13 bits per heavy atom. The summed E-state index contributed by atoms with van der Waals surface area (Å²) in [4.78, 5) is 24.5. The molecule has 8 heteroatoms. The number of carbonyl (C=O) groups is 1. The van der Waals surface area contributed by atoms with Crippen LogP contribution in [0.25, 0.3) is 10.9 Å². The lowest BCUT2D eigenvalue weighted by atomic mass is 10.1. The van der Waals surface area contributed by atoms with Crippen molar-refractivity contribution in [2.24, 2.45) is 0 Å². The molecule has 0 saturated carbocycles. The second-order valence-electron chi connectivity index (χ2n) is 7.30. The van der Waals surface area contributed by atoms with Crippen molar-refractivity contribution in [3.8, 4) is 0 Å². The maximum atomic E-state index is 13.6. The lowest BCUT2D eigenvalue weighted by molar-refractivity contribution is -0.143. The lowest BCUT2D eigenvalue weighted by Crippen LogP contribution is -2.38. The number of nitrogens with zero attached hydrogens (tertiary/aromatic N) is 1. The van der Waals surface area contributed by atoms with E-state index < -0.39 is 35.1 Å². The normalized spacial score (nSPS) is 12.7. The van der Waals surface area contributed by atoms with Crippen LogP contribution in [0.1, 0.15) is 23.7 Å². The number of hydrogen-bond acceptors (Lipinski definition) is 2. The monoisotopic (exact) mass is 420 g/mol. The molecule has 158 valence electrons. The van der Waals surface area contributed by atoms with Crippen LogP contribution in [0, 0.1) is 12.7 Å². The molecule has 0 radical (unpaired) electrons. The molecule has 3 rings (SSSR count). The van der Waals surface area contributed by atoms with Gasteiger partial charge in [0.15, 0.2) is 5.43 Å². The van der Waals surface area contributed by atoms with Crippen LogP contribution < -0.4 is 10.7 Å². The molecule has 3 aromatic rings. The fourth-order valence-electron chi connectivity index (χ4n) is 3.40. The van der Waals surface area contributed by atoms with E-state index in [9.17, 15) is 27.2 Å². The standard InChI is InChI=1S/C22H20F4N2O2/c1-13-6-7-18-17(8-13)19(29)11-20(22(24,25)26)28(18)12-14(2)27-21(30)10-15-4-3-5-16(23)9-15/h3-9,11,14H,10,12H2,1-2H3,(H,27,30)/t14-/m1/s1. The van der Waals surface area contributed by atoms with Gasteiger partial charge in [-0.25, -0.2) is 4.39 Å². The smallest absolute Gasteiger partial charge is 0.352 e. The average molecular weight is 420 g/mol. The van der Waals surface area contributed by atoms with E-state index >= 15 is 0 Å². The number of alkyl halides is 3. The molecule has 1 atom stereocenters. The largest absolute Gasteiger partial charge is 0.431 e. The van der Waals surface area contributed by atoms with Crippen LogP contribution in [0.5, 0.6) is 0 Å². The second kappa shape index (κ2) is 8.30. The van der Waals surface area contributed by atoms with Gasteiger partial charge in [-0.15, -0.1) is 0 Å². The van der Waals surface area contributed by atoms with Crippen molar-refractivity contribution in [3.63, 3.8) is 0 Å². The van der Waals surface area contributed by atoms with E-state index in [0.29, 0.717) is 11.6 Å². The number of carbonyl (C=O) groups excluding carboxylic acids is 1. The van der Waals surface area contributed by atoms with Crippen molar-refractivity contribution in [2.75, 3.05) is 0 Å². The number of aromatic nitrogens is 1. The molecule has 0 bridgehead atoms. The number of fused-ring (bicyclic) bond motifs is 1. The van der Waals surface area contributed by atoms with Crippen LogP contribution in [0.2, 0.25) is 0 Å². The molecule has 0 aliphatic heterocycles. The lowest BCUT2D eigenvalue weighted by Gasteiger charge is -2.22. The summed E-state index contributed by atoms with van der Waals surface area (Å²) in [7, 11) is 0. The van der Waals surface area contributed by atoms with Crippen molar-refractivity contribution in [3.05, 3.63) is 81.4 Å². The molecule has 0 spiro atoms. The van der Waals surface area contributed by atoms with Gasteiger partial charge >= 0.3 is 6.18 Å². The number of amides is 1. The van der Waals surface area contributed by atoms with Gasteiger partial charge in [-0.3, -0.25) is 9.59 Å². The average Bonchev–Trinajstić information content (AvgIpc) is 2.62. The molecule has 1 aromatic heterocycles. The molecule has 1 N–H and O–H groups in total. The van der Waals surface area contributed by atoms with E-state index in [4.69, 9.17) is 0 Å². The SMILES string of the molecule is Cc1ccc2c(c1)c(=O)cc(C(F)(F)F)n2C[C@@H](C)NC(=O)Cc1cccc(F)c1. The van der Waals surface area contributed by atoms with Crippen LogP contribution in [-0.2, 0) is 23.9 Å². The van der Waals surface area contributed by atoms with Crippen molar-refractivity contribution < 1.29 is 22.4 Å². The Bertz CT molecular complexity index is 1150. The summed E-state index contributed by atoms with van der Waals surface area (Å²) >= 11 is 0. The van der Waals surface area contributed by atoms with Crippen LogP contribution in [0.15, 0.2) is 53.3 Å². The first-order valence-corrected chi connectivity index (χ1v) is 9.30. The van der Waals surface area contributed by atoms with Gasteiger partial charge < -0.3 is 9.88 Å². The molecular weight excluding hydrogens is 400 g/mol. The molecule has 0 unspecified atom stereocenters. The summed E-state index contributed by atoms with van der Waals surface area (Å²) in [5, 5.41) is 2.82. The zero-order valence-corrected chi connectivity index (χ0v) is 16.4. The summed E-state index contributed by atoms with van der Waals surface area (Å²) in [6.45, 7) is 3.13. The van der Waals surface area contributed by atoms with Crippen LogP contribution in [-0.4, -0.2) is 16.5 Å². The number of benzene rings is 2. The first kappa shape index (κ1) is 21.5. The van der Waals surface area contributed by atoms with E-state index in [2.05, 4.69) is 5.32 Å². The summed E-state index contributed by atoms with van der Waals surface area (Å²) < 4.78 is 55.0. The quantitative estimate of drug-likeness (QED) is 0.629. The van der Waals surface area contributed by atoms with Gasteiger partial charge in [0.2, 0.25) is 5.91 Å². The number of aryl methyl sites for hydroxylation is 1. The first-order chi connectivity index (χ1) is 14.0. The third-order valence-corrected chi connectivity index (χ3v) is 4.67. The maximum Gasteiger partial charge on any atom is 0.431 e. The summed E-state index contributed by atoms with van der Waals surface area (Å²) in [5.41, 5.74) is -0.427. The molecule has 0 aliphatic carbocycles. The van der Waals surface area contributed by atoms with E-state index in [-0.39, 0.29) is 23.9 Å². The van der Waals surface area contributed by atoms with Crippen LogP contribution in [0.3, 0.4) is 0 Å².